The first kappa shape index (κ1) is 16.5. The second-order valence-corrected chi connectivity index (χ2v) is 4.75. The summed E-state index contributed by atoms with van der Waals surface area (Å²) < 4.78 is 37.8. The van der Waals surface area contributed by atoms with Gasteiger partial charge in [-0.15, -0.1) is 0 Å². The van der Waals surface area contributed by atoms with Gasteiger partial charge >= 0.3 is 6.18 Å². The Morgan fingerprint density at radius 1 is 1.40 bits per heavy atom. The summed E-state index contributed by atoms with van der Waals surface area (Å²) in [5.41, 5.74) is 5.33. The fourth-order valence-electron chi connectivity index (χ4n) is 1.83. The molecule has 3 nitrogen and oxygen atoms in total. The van der Waals surface area contributed by atoms with Crippen LogP contribution in [0.15, 0.2) is 24.3 Å². The van der Waals surface area contributed by atoms with Crippen molar-refractivity contribution in [2.45, 2.75) is 44.9 Å². The lowest BCUT2D eigenvalue weighted by Gasteiger charge is -2.18. The zero-order valence-corrected chi connectivity index (χ0v) is 11.5. The third kappa shape index (κ3) is 4.52. The van der Waals surface area contributed by atoms with Crippen molar-refractivity contribution in [2.24, 2.45) is 5.73 Å². The Labute approximate surface area is 116 Å². The van der Waals surface area contributed by atoms with Crippen LogP contribution in [0.5, 0.6) is 0 Å². The summed E-state index contributed by atoms with van der Waals surface area (Å²) in [5, 5.41) is 2.63. The number of hydrogen-bond donors (Lipinski definition) is 2. The first-order chi connectivity index (χ1) is 9.25. The Morgan fingerprint density at radius 2 is 2.05 bits per heavy atom. The maximum Gasteiger partial charge on any atom is 0.416 e. The summed E-state index contributed by atoms with van der Waals surface area (Å²) in [4.78, 5) is 11.7. The summed E-state index contributed by atoms with van der Waals surface area (Å²) >= 11 is 0. The highest BCUT2D eigenvalue weighted by Gasteiger charge is 2.30. The van der Waals surface area contributed by atoms with E-state index in [1.54, 1.807) is 13.0 Å². The molecule has 0 saturated carbocycles. The summed E-state index contributed by atoms with van der Waals surface area (Å²) in [6.07, 6.45) is -3.08. The smallest absolute Gasteiger partial charge is 0.348 e. The van der Waals surface area contributed by atoms with Crippen LogP contribution in [0.1, 0.15) is 43.9 Å². The van der Waals surface area contributed by atoms with Crippen molar-refractivity contribution < 1.29 is 18.0 Å². The van der Waals surface area contributed by atoms with Crippen LogP contribution in [0.25, 0.3) is 0 Å². The Kier molecular flexibility index (Phi) is 5.56. The van der Waals surface area contributed by atoms with Crippen LogP contribution in [0.3, 0.4) is 0 Å². The second kappa shape index (κ2) is 6.74. The minimum Gasteiger partial charge on any atom is -0.348 e. The lowest BCUT2D eigenvalue weighted by molar-refractivity contribution is -0.137. The summed E-state index contributed by atoms with van der Waals surface area (Å²) in [6.45, 7) is 3.54. The number of rotatable bonds is 5. The van der Waals surface area contributed by atoms with Gasteiger partial charge in [0.05, 0.1) is 17.6 Å². The maximum atomic E-state index is 12.6. The van der Waals surface area contributed by atoms with E-state index in [2.05, 4.69) is 5.32 Å². The fraction of sp³-hybridized carbons (Fsp3) is 0.500. The quantitative estimate of drug-likeness (QED) is 0.875. The van der Waals surface area contributed by atoms with Crippen LogP contribution in [-0.2, 0) is 11.0 Å². The maximum absolute atomic E-state index is 12.6. The van der Waals surface area contributed by atoms with Crippen molar-refractivity contribution in [1.29, 1.82) is 0 Å². The molecule has 6 heteroatoms. The van der Waals surface area contributed by atoms with Gasteiger partial charge in [0.15, 0.2) is 0 Å². The molecule has 0 aliphatic rings. The molecule has 0 heterocycles. The number of carbonyl (C=O) groups is 1. The van der Waals surface area contributed by atoms with Crippen molar-refractivity contribution >= 4 is 5.91 Å². The molecule has 0 bridgehead atoms. The normalized spacial score (nSPS) is 14.7. The molecule has 0 aliphatic carbocycles. The van der Waals surface area contributed by atoms with E-state index in [-0.39, 0.29) is 5.91 Å². The van der Waals surface area contributed by atoms with E-state index in [1.807, 2.05) is 6.92 Å². The first-order valence-electron chi connectivity index (χ1n) is 6.48. The third-order valence-electron chi connectivity index (χ3n) is 3.01. The van der Waals surface area contributed by atoms with Crippen LogP contribution in [0, 0.1) is 0 Å². The van der Waals surface area contributed by atoms with E-state index < -0.39 is 23.8 Å². The molecule has 112 valence electrons. The van der Waals surface area contributed by atoms with Gasteiger partial charge in [0.25, 0.3) is 0 Å². The topological polar surface area (TPSA) is 55.1 Å². The van der Waals surface area contributed by atoms with Crippen LogP contribution in [0.4, 0.5) is 13.2 Å². The summed E-state index contributed by atoms with van der Waals surface area (Å²) in [6, 6.07) is 3.76. The number of amides is 1. The van der Waals surface area contributed by atoms with Crippen molar-refractivity contribution in [2.75, 3.05) is 0 Å². The molecule has 0 spiro atoms. The molecule has 0 fully saturated rings. The largest absolute Gasteiger partial charge is 0.416 e. The van der Waals surface area contributed by atoms with Gasteiger partial charge in [-0.05, 0) is 31.0 Å². The molecule has 0 radical (unpaired) electrons. The molecule has 1 amide bonds. The molecule has 1 aromatic rings. The van der Waals surface area contributed by atoms with Crippen molar-refractivity contribution in [3.63, 3.8) is 0 Å². The first-order valence-corrected chi connectivity index (χ1v) is 6.48. The second-order valence-electron chi connectivity index (χ2n) is 4.75. The van der Waals surface area contributed by atoms with E-state index in [9.17, 15) is 18.0 Å². The number of alkyl halides is 3. The number of benzene rings is 1. The van der Waals surface area contributed by atoms with Gasteiger partial charge in [-0.2, -0.15) is 13.2 Å². The molecular weight excluding hydrogens is 269 g/mol. The SMILES string of the molecule is CCC[C@@H](N)C(=O)NC(C)c1cccc(C(F)(F)F)c1. The number of nitrogens with one attached hydrogen (secondary N) is 1. The minimum absolute atomic E-state index is 0.350. The number of nitrogens with two attached hydrogens (primary N) is 1. The molecule has 1 aromatic carbocycles. The van der Waals surface area contributed by atoms with E-state index >= 15 is 0 Å². The average Bonchev–Trinajstić information content (AvgIpc) is 2.38. The van der Waals surface area contributed by atoms with Gasteiger partial charge < -0.3 is 11.1 Å². The van der Waals surface area contributed by atoms with Crippen LogP contribution < -0.4 is 11.1 Å². The minimum atomic E-state index is -4.39. The van der Waals surface area contributed by atoms with E-state index in [0.29, 0.717) is 12.0 Å². The molecule has 1 unspecified atom stereocenters. The van der Waals surface area contributed by atoms with Gasteiger partial charge in [-0.1, -0.05) is 25.5 Å². The average molecular weight is 288 g/mol. The van der Waals surface area contributed by atoms with Crippen LogP contribution >= 0.6 is 0 Å². The monoisotopic (exact) mass is 288 g/mol. The van der Waals surface area contributed by atoms with Gasteiger partial charge in [0, 0.05) is 0 Å². The number of hydrogen-bond acceptors (Lipinski definition) is 2. The molecule has 3 N–H and O–H groups in total. The van der Waals surface area contributed by atoms with E-state index in [4.69, 9.17) is 5.73 Å². The van der Waals surface area contributed by atoms with Gasteiger partial charge in [0.2, 0.25) is 5.91 Å². The summed E-state index contributed by atoms with van der Waals surface area (Å²) in [7, 11) is 0. The van der Waals surface area contributed by atoms with Crippen LogP contribution in [-0.4, -0.2) is 11.9 Å². The highest BCUT2D eigenvalue weighted by molar-refractivity contribution is 5.81. The zero-order valence-electron chi connectivity index (χ0n) is 11.5. The Bertz CT molecular complexity index is 460. The molecule has 0 aliphatic heterocycles. The highest BCUT2D eigenvalue weighted by Crippen LogP contribution is 2.30. The lowest BCUT2D eigenvalue weighted by atomic mass is 10.0. The summed E-state index contributed by atoms with van der Waals surface area (Å²) in [5.74, 6) is -0.350. The highest BCUT2D eigenvalue weighted by atomic mass is 19.4. The number of halogens is 3. The Hall–Kier alpha value is -1.56. The van der Waals surface area contributed by atoms with Crippen molar-refractivity contribution in [3.8, 4) is 0 Å². The van der Waals surface area contributed by atoms with Gasteiger partial charge in [-0.25, -0.2) is 0 Å². The molecule has 0 aromatic heterocycles. The molecule has 1 rings (SSSR count). The van der Waals surface area contributed by atoms with Crippen LogP contribution in [0.2, 0.25) is 0 Å². The molecule has 0 saturated heterocycles. The fourth-order valence-corrected chi connectivity index (χ4v) is 1.83. The zero-order chi connectivity index (χ0) is 15.3. The lowest BCUT2D eigenvalue weighted by Crippen LogP contribution is -2.41. The van der Waals surface area contributed by atoms with Crippen molar-refractivity contribution in [3.05, 3.63) is 35.4 Å². The van der Waals surface area contributed by atoms with Gasteiger partial charge in [0.1, 0.15) is 0 Å². The Morgan fingerprint density at radius 3 is 2.60 bits per heavy atom. The molecule has 20 heavy (non-hydrogen) atoms. The van der Waals surface area contributed by atoms with Gasteiger partial charge in [-0.3, -0.25) is 4.79 Å². The molecular formula is C14H19F3N2O. The predicted octanol–water partition coefficient (Wildman–Crippen LogP) is 3.01. The van der Waals surface area contributed by atoms with E-state index in [0.717, 1.165) is 18.6 Å². The number of carbonyl (C=O) groups excluding carboxylic acids is 1. The predicted molar refractivity (Wildman–Crippen MR) is 70.9 cm³/mol. The van der Waals surface area contributed by atoms with Crippen molar-refractivity contribution in [1.82, 2.24) is 5.32 Å². The Balaban J connectivity index is 2.78. The molecule has 2 atom stereocenters. The standard InChI is InChI=1S/C14H19F3N2O/c1-3-5-12(18)13(20)19-9(2)10-6-4-7-11(8-10)14(15,16)17/h4,6-9,12H,3,5,18H2,1-2H3,(H,19,20)/t9?,12-/m1/s1. The third-order valence-corrected chi connectivity index (χ3v) is 3.01. The van der Waals surface area contributed by atoms with E-state index in [1.165, 1.54) is 6.07 Å².